The predicted molar refractivity (Wildman–Crippen MR) is 134 cm³/mol. The van der Waals surface area contributed by atoms with Crippen LogP contribution in [0.5, 0.6) is 5.75 Å². The lowest BCUT2D eigenvalue weighted by Crippen LogP contribution is -2.56. The highest BCUT2D eigenvalue weighted by molar-refractivity contribution is 5.71. The molecule has 0 spiro atoms. The lowest BCUT2D eigenvalue weighted by molar-refractivity contribution is -0.145. The van der Waals surface area contributed by atoms with E-state index in [1.54, 1.807) is 6.92 Å². The van der Waals surface area contributed by atoms with E-state index in [1.165, 1.54) is 0 Å². The number of rotatable bonds is 9. The minimum Gasteiger partial charge on any atom is -0.482 e. The summed E-state index contributed by atoms with van der Waals surface area (Å²) in [6.07, 6.45) is 5.69. The van der Waals surface area contributed by atoms with Gasteiger partial charge in [0.2, 0.25) is 0 Å². The standard InChI is InChI=1S/C27H42N2O6/c1-5-32-25(30)18-34-24-11-7-6-9-21(24)19-12-14-20(15-13-19)33-17-23-22(10-8-16-28-23)29-26(31)35-27(2,3)4/h6-7,9,11,19-20,22-23,28H,5,8,10,12-18H2,1-4H3,(H,29,31). The second-order valence-electron chi connectivity index (χ2n) is 10.4. The molecule has 2 unspecified atom stereocenters. The first-order valence-electron chi connectivity index (χ1n) is 13.0. The molecule has 1 aromatic carbocycles. The van der Waals surface area contributed by atoms with E-state index in [0.717, 1.165) is 56.4 Å². The highest BCUT2D eigenvalue weighted by atomic mass is 16.6. The molecule has 1 heterocycles. The number of para-hydroxylation sites is 1. The van der Waals surface area contributed by atoms with Crippen LogP contribution in [0.2, 0.25) is 0 Å². The molecule has 2 atom stereocenters. The number of piperidine rings is 1. The fraction of sp³-hybridized carbons (Fsp3) is 0.704. The third kappa shape index (κ3) is 9.00. The molecule has 2 aliphatic rings. The Morgan fingerprint density at radius 3 is 2.54 bits per heavy atom. The third-order valence-electron chi connectivity index (χ3n) is 6.48. The third-order valence-corrected chi connectivity index (χ3v) is 6.48. The molecule has 2 fully saturated rings. The summed E-state index contributed by atoms with van der Waals surface area (Å²) in [5.74, 6) is 0.783. The number of hydrogen-bond acceptors (Lipinski definition) is 7. The molecule has 1 amide bonds. The van der Waals surface area contributed by atoms with Crippen LogP contribution < -0.4 is 15.4 Å². The van der Waals surface area contributed by atoms with Gasteiger partial charge in [-0.15, -0.1) is 0 Å². The molecule has 1 saturated carbocycles. The van der Waals surface area contributed by atoms with Gasteiger partial charge < -0.3 is 29.6 Å². The summed E-state index contributed by atoms with van der Waals surface area (Å²) < 4.78 is 22.5. The van der Waals surface area contributed by atoms with E-state index in [9.17, 15) is 9.59 Å². The molecule has 0 radical (unpaired) electrons. The summed E-state index contributed by atoms with van der Waals surface area (Å²) in [5.41, 5.74) is 0.630. The Kier molecular flexibility index (Phi) is 10.2. The second-order valence-corrected chi connectivity index (χ2v) is 10.4. The Morgan fingerprint density at radius 2 is 1.83 bits per heavy atom. The van der Waals surface area contributed by atoms with Gasteiger partial charge in [-0.2, -0.15) is 0 Å². The lowest BCUT2D eigenvalue weighted by atomic mass is 9.82. The van der Waals surface area contributed by atoms with Gasteiger partial charge >= 0.3 is 12.1 Å². The quantitative estimate of drug-likeness (QED) is 0.498. The van der Waals surface area contributed by atoms with Crippen molar-refractivity contribution in [2.45, 2.75) is 95.9 Å². The van der Waals surface area contributed by atoms with Crippen molar-refractivity contribution in [3.8, 4) is 5.75 Å². The average Bonchev–Trinajstić information content (AvgIpc) is 2.82. The summed E-state index contributed by atoms with van der Waals surface area (Å²) in [6, 6.07) is 8.03. The van der Waals surface area contributed by atoms with E-state index in [-0.39, 0.29) is 36.9 Å². The smallest absolute Gasteiger partial charge is 0.407 e. The maximum absolute atomic E-state index is 12.3. The van der Waals surface area contributed by atoms with Crippen molar-refractivity contribution in [2.24, 2.45) is 0 Å². The van der Waals surface area contributed by atoms with Crippen LogP contribution in [0.15, 0.2) is 24.3 Å². The van der Waals surface area contributed by atoms with E-state index >= 15 is 0 Å². The zero-order valence-electron chi connectivity index (χ0n) is 21.6. The Hall–Kier alpha value is -2.32. The van der Waals surface area contributed by atoms with Crippen molar-refractivity contribution < 1.29 is 28.5 Å². The van der Waals surface area contributed by atoms with Crippen LogP contribution in [-0.2, 0) is 19.0 Å². The van der Waals surface area contributed by atoms with Crippen LogP contribution in [0.3, 0.4) is 0 Å². The Labute approximate surface area is 209 Å². The number of amides is 1. The fourth-order valence-corrected chi connectivity index (χ4v) is 4.83. The number of alkyl carbamates (subject to hydrolysis) is 1. The van der Waals surface area contributed by atoms with E-state index in [0.29, 0.717) is 19.1 Å². The molecule has 1 aliphatic heterocycles. The molecule has 1 aliphatic carbocycles. The number of ether oxygens (including phenoxy) is 4. The van der Waals surface area contributed by atoms with Crippen molar-refractivity contribution in [2.75, 3.05) is 26.4 Å². The van der Waals surface area contributed by atoms with Gasteiger partial charge in [0.15, 0.2) is 6.61 Å². The number of benzene rings is 1. The van der Waals surface area contributed by atoms with Gasteiger partial charge in [0.25, 0.3) is 0 Å². The van der Waals surface area contributed by atoms with Crippen LogP contribution in [0, 0.1) is 0 Å². The van der Waals surface area contributed by atoms with Gasteiger partial charge in [0.05, 0.1) is 25.4 Å². The molecular formula is C27H42N2O6. The van der Waals surface area contributed by atoms with Crippen molar-refractivity contribution in [1.29, 1.82) is 0 Å². The Bertz CT molecular complexity index is 816. The molecule has 196 valence electrons. The monoisotopic (exact) mass is 490 g/mol. The predicted octanol–water partition coefficient (Wildman–Crippen LogP) is 4.32. The topological polar surface area (TPSA) is 95.1 Å². The number of carbonyl (C=O) groups is 2. The number of hydrogen-bond donors (Lipinski definition) is 2. The summed E-state index contributed by atoms with van der Waals surface area (Å²) >= 11 is 0. The molecule has 8 heteroatoms. The Morgan fingerprint density at radius 1 is 1.09 bits per heavy atom. The van der Waals surface area contributed by atoms with Gasteiger partial charge in [-0.25, -0.2) is 9.59 Å². The first-order chi connectivity index (χ1) is 16.7. The van der Waals surface area contributed by atoms with Gasteiger partial charge in [0, 0.05) is 6.04 Å². The van der Waals surface area contributed by atoms with Crippen molar-refractivity contribution >= 4 is 12.1 Å². The average molecular weight is 491 g/mol. The lowest BCUT2D eigenvalue weighted by Gasteiger charge is -2.36. The first kappa shape index (κ1) is 27.3. The SMILES string of the molecule is CCOC(=O)COc1ccccc1C1CCC(OCC2NCCCC2NC(=O)OC(C)(C)C)CC1. The van der Waals surface area contributed by atoms with Crippen LogP contribution in [0.25, 0.3) is 0 Å². The maximum atomic E-state index is 12.3. The van der Waals surface area contributed by atoms with E-state index < -0.39 is 5.60 Å². The van der Waals surface area contributed by atoms with Crippen molar-refractivity contribution in [3.05, 3.63) is 29.8 Å². The summed E-state index contributed by atoms with van der Waals surface area (Å²) in [5, 5.41) is 6.53. The molecule has 3 rings (SSSR count). The van der Waals surface area contributed by atoms with Crippen LogP contribution >= 0.6 is 0 Å². The highest BCUT2D eigenvalue weighted by Gasteiger charge is 2.30. The van der Waals surface area contributed by atoms with Crippen LogP contribution in [-0.4, -0.2) is 62.2 Å². The number of nitrogens with one attached hydrogen (secondary N) is 2. The van der Waals surface area contributed by atoms with E-state index in [4.69, 9.17) is 18.9 Å². The van der Waals surface area contributed by atoms with Crippen molar-refractivity contribution in [1.82, 2.24) is 10.6 Å². The highest BCUT2D eigenvalue weighted by Crippen LogP contribution is 2.38. The van der Waals surface area contributed by atoms with Gasteiger partial charge in [-0.05, 0) is 90.3 Å². The second kappa shape index (κ2) is 13.1. The van der Waals surface area contributed by atoms with Crippen LogP contribution in [0.4, 0.5) is 4.79 Å². The molecular weight excluding hydrogens is 448 g/mol. The summed E-state index contributed by atoms with van der Waals surface area (Å²) in [7, 11) is 0. The summed E-state index contributed by atoms with van der Waals surface area (Å²) in [6.45, 7) is 9.16. The molecule has 8 nitrogen and oxygen atoms in total. The van der Waals surface area contributed by atoms with Gasteiger partial charge in [-0.1, -0.05) is 18.2 Å². The zero-order valence-corrected chi connectivity index (χ0v) is 21.6. The molecule has 0 aromatic heterocycles. The molecule has 1 saturated heterocycles. The normalized spacial score (nSPS) is 24.9. The van der Waals surface area contributed by atoms with E-state index in [1.807, 2.05) is 39.0 Å². The minimum absolute atomic E-state index is 0.00152. The minimum atomic E-state index is -0.515. The van der Waals surface area contributed by atoms with Crippen LogP contribution in [0.1, 0.15) is 77.7 Å². The molecule has 35 heavy (non-hydrogen) atoms. The number of carbonyl (C=O) groups excluding carboxylic acids is 2. The zero-order chi connectivity index (χ0) is 25.3. The molecule has 2 N–H and O–H groups in total. The first-order valence-corrected chi connectivity index (χ1v) is 13.0. The number of esters is 1. The summed E-state index contributed by atoms with van der Waals surface area (Å²) in [4.78, 5) is 23.9. The van der Waals surface area contributed by atoms with Crippen molar-refractivity contribution in [3.63, 3.8) is 0 Å². The largest absolute Gasteiger partial charge is 0.482 e. The fourth-order valence-electron chi connectivity index (χ4n) is 4.83. The molecule has 1 aromatic rings. The van der Waals surface area contributed by atoms with Gasteiger partial charge in [-0.3, -0.25) is 0 Å². The van der Waals surface area contributed by atoms with Gasteiger partial charge in [0.1, 0.15) is 11.4 Å². The molecule has 0 bridgehead atoms. The maximum Gasteiger partial charge on any atom is 0.407 e. The Balaban J connectivity index is 1.46. The van der Waals surface area contributed by atoms with E-state index in [2.05, 4.69) is 16.7 Å².